The van der Waals surface area contributed by atoms with Crippen molar-refractivity contribution in [1.82, 2.24) is 14.9 Å². The summed E-state index contributed by atoms with van der Waals surface area (Å²) in [7, 11) is 0. The van der Waals surface area contributed by atoms with E-state index < -0.39 is 0 Å². The van der Waals surface area contributed by atoms with Crippen LogP contribution in [0.1, 0.15) is 50.1 Å². The van der Waals surface area contributed by atoms with Crippen LogP contribution >= 0.6 is 23.1 Å². The van der Waals surface area contributed by atoms with Crippen molar-refractivity contribution in [2.24, 2.45) is 5.92 Å². The van der Waals surface area contributed by atoms with E-state index in [1.807, 2.05) is 27.7 Å². The summed E-state index contributed by atoms with van der Waals surface area (Å²) in [6.07, 6.45) is 2.41. The molecule has 1 N–H and O–H groups in total. The Morgan fingerprint density at radius 3 is 2.64 bits per heavy atom. The summed E-state index contributed by atoms with van der Waals surface area (Å²) >= 11 is 2.89. The van der Waals surface area contributed by atoms with Crippen LogP contribution in [-0.2, 0) is 4.79 Å². The van der Waals surface area contributed by atoms with E-state index in [0.29, 0.717) is 16.5 Å². The first-order valence-electron chi connectivity index (χ1n) is 8.74. The molecule has 1 fully saturated rings. The molecule has 136 valence electrons. The predicted molar refractivity (Wildman–Crippen MR) is 105 cm³/mol. The van der Waals surface area contributed by atoms with Gasteiger partial charge in [0, 0.05) is 17.0 Å². The van der Waals surface area contributed by atoms with Gasteiger partial charge in [-0.15, -0.1) is 11.3 Å². The van der Waals surface area contributed by atoms with E-state index in [1.165, 1.54) is 24.6 Å². The minimum absolute atomic E-state index is 0.0000417. The topological polar surface area (TPSA) is 64.0 Å². The number of fused-ring (bicyclic) bond motifs is 1. The Hall–Kier alpha value is -1.34. The average molecular weight is 380 g/mol. The highest BCUT2D eigenvalue weighted by Gasteiger charge is 2.29. The van der Waals surface area contributed by atoms with E-state index in [9.17, 15) is 9.59 Å². The Kier molecular flexibility index (Phi) is 5.25. The Labute approximate surface area is 156 Å². The Balaban J connectivity index is 1.85. The number of thiophene rings is 1. The monoisotopic (exact) mass is 379 g/mol. The van der Waals surface area contributed by atoms with Crippen molar-refractivity contribution < 1.29 is 4.79 Å². The third-order valence-corrected chi connectivity index (χ3v) is 6.82. The van der Waals surface area contributed by atoms with Crippen LogP contribution in [0.2, 0.25) is 0 Å². The number of aromatic nitrogens is 2. The van der Waals surface area contributed by atoms with Gasteiger partial charge in [-0.25, -0.2) is 4.98 Å². The van der Waals surface area contributed by atoms with Gasteiger partial charge in [-0.2, -0.15) is 0 Å². The highest BCUT2D eigenvalue weighted by Crippen LogP contribution is 2.32. The fourth-order valence-corrected chi connectivity index (χ4v) is 4.99. The highest BCUT2D eigenvalue weighted by atomic mass is 32.2. The molecule has 2 aromatic heterocycles. The molecule has 1 amide bonds. The van der Waals surface area contributed by atoms with Crippen molar-refractivity contribution in [3.63, 3.8) is 0 Å². The van der Waals surface area contributed by atoms with Gasteiger partial charge < -0.3 is 5.32 Å². The van der Waals surface area contributed by atoms with Crippen LogP contribution in [0.4, 0.5) is 0 Å². The van der Waals surface area contributed by atoms with E-state index in [2.05, 4.69) is 12.2 Å². The lowest BCUT2D eigenvalue weighted by molar-refractivity contribution is -0.119. The second-order valence-corrected chi connectivity index (χ2v) is 9.25. The van der Waals surface area contributed by atoms with Gasteiger partial charge in [-0.3, -0.25) is 14.2 Å². The Bertz CT molecular complexity index is 865. The number of carbonyl (C=O) groups excluding carboxylic acids is 1. The molecule has 2 heterocycles. The van der Waals surface area contributed by atoms with Crippen LogP contribution in [0.3, 0.4) is 0 Å². The first kappa shape index (κ1) is 18.5. The zero-order chi connectivity index (χ0) is 18.3. The first-order chi connectivity index (χ1) is 11.8. The van der Waals surface area contributed by atoms with Gasteiger partial charge >= 0.3 is 0 Å². The zero-order valence-corrected chi connectivity index (χ0v) is 17.0. The molecule has 5 nitrogen and oxygen atoms in total. The number of carbonyl (C=O) groups is 1. The maximum atomic E-state index is 13.0. The normalized spacial score (nSPS) is 15.8. The van der Waals surface area contributed by atoms with Crippen molar-refractivity contribution in [3.05, 3.63) is 20.8 Å². The molecule has 1 aliphatic carbocycles. The standard InChI is InChI=1S/C18H25N3O2S2/c1-9(2)21-17(23)15-10(3)12(5)25-16(15)20-18(21)24-8-14(22)19-11(4)13-6-7-13/h9,11,13H,6-8H2,1-5H3,(H,19,22)/t11-/m0/s1. The molecule has 7 heteroatoms. The number of aryl methyl sites for hydroxylation is 2. The van der Waals surface area contributed by atoms with Crippen molar-refractivity contribution in [2.45, 2.75) is 64.7 Å². The molecule has 0 spiro atoms. The van der Waals surface area contributed by atoms with Crippen LogP contribution in [0.15, 0.2) is 9.95 Å². The summed E-state index contributed by atoms with van der Waals surface area (Å²) in [5, 5.41) is 4.40. The Morgan fingerprint density at radius 1 is 1.36 bits per heavy atom. The van der Waals surface area contributed by atoms with Crippen molar-refractivity contribution in [2.75, 3.05) is 5.75 Å². The van der Waals surface area contributed by atoms with E-state index >= 15 is 0 Å². The number of rotatable bonds is 6. The molecule has 0 aromatic carbocycles. The molecule has 1 saturated carbocycles. The van der Waals surface area contributed by atoms with Gasteiger partial charge in [0.25, 0.3) is 5.56 Å². The predicted octanol–water partition coefficient (Wildman–Crippen LogP) is 3.66. The summed E-state index contributed by atoms with van der Waals surface area (Å²) in [4.78, 5) is 31.8. The molecule has 0 radical (unpaired) electrons. The molecule has 1 aliphatic rings. The highest BCUT2D eigenvalue weighted by molar-refractivity contribution is 7.99. The minimum atomic E-state index is -0.00360. The molecule has 0 unspecified atom stereocenters. The average Bonchev–Trinajstić information content (AvgIpc) is 3.32. The molecule has 1 atom stereocenters. The maximum absolute atomic E-state index is 13.0. The quantitative estimate of drug-likeness (QED) is 0.614. The zero-order valence-electron chi connectivity index (χ0n) is 15.4. The molecule has 3 rings (SSSR count). The van der Waals surface area contributed by atoms with Gasteiger partial charge in [-0.05, 0) is 58.9 Å². The van der Waals surface area contributed by atoms with Gasteiger partial charge in [0.15, 0.2) is 5.16 Å². The third-order valence-electron chi connectivity index (χ3n) is 4.77. The minimum Gasteiger partial charge on any atom is -0.353 e. The van der Waals surface area contributed by atoms with Crippen molar-refractivity contribution >= 4 is 39.2 Å². The summed E-state index contributed by atoms with van der Waals surface area (Å²) in [5.41, 5.74) is 1.01. The van der Waals surface area contributed by atoms with E-state index in [-0.39, 0.29) is 29.3 Å². The number of amides is 1. The van der Waals surface area contributed by atoms with E-state index in [0.717, 1.165) is 15.3 Å². The van der Waals surface area contributed by atoms with Crippen molar-refractivity contribution in [3.8, 4) is 0 Å². The largest absolute Gasteiger partial charge is 0.353 e. The van der Waals surface area contributed by atoms with E-state index in [4.69, 9.17) is 4.98 Å². The van der Waals surface area contributed by atoms with Gasteiger partial charge in [0.2, 0.25) is 5.91 Å². The molecule has 0 bridgehead atoms. The van der Waals surface area contributed by atoms with Crippen LogP contribution in [0, 0.1) is 19.8 Å². The number of thioether (sulfide) groups is 1. The second kappa shape index (κ2) is 7.11. The smallest absolute Gasteiger partial charge is 0.263 e. The van der Waals surface area contributed by atoms with Gasteiger partial charge in [0.1, 0.15) is 4.83 Å². The second-order valence-electron chi connectivity index (χ2n) is 7.11. The lowest BCUT2D eigenvalue weighted by Gasteiger charge is -2.16. The molecule has 25 heavy (non-hydrogen) atoms. The first-order valence-corrected chi connectivity index (χ1v) is 10.5. The molecule has 0 aliphatic heterocycles. The van der Waals surface area contributed by atoms with Gasteiger partial charge in [-0.1, -0.05) is 11.8 Å². The number of nitrogens with zero attached hydrogens (tertiary/aromatic N) is 2. The SMILES string of the molecule is Cc1sc2nc(SCC(=O)N[C@@H](C)C3CC3)n(C(C)C)c(=O)c2c1C. The number of hydrogen-bond acceptors (Lipinski definition) is 5. The van der Waals surface area contributed by atoms with Crippen LogP contribution in [0.5, 0.6) is 0 Å². The third kappa shape index (κ3) is 3.77. The summed E-state index contributed by atoms with van der Waals surface area (Å²) in [6.45, 7) is 10.00. The summed E-state index contributed by atoms with van der Waals surface area (Å²) in [6, 6.07) is 0.235. The van der Waals surface area contributed by atoms with Crippen LogP contribution < -0.4 is 10.9 Å². The maximum Gasteiger partial charge on any atom is 0.263 e. The van der Waals surface area contributed by atoms with Crippen molar-refractivity contribution in [1.29, 1.82) is 0 Å². The van der Waals surface area contributed by atoms with Crippen LogP contribution in [-0.4, -0.2) is 27.3 Å². The molecular weight excluding hydrogens is 354 g/mol. The molecule has 2 aromatic rings. The molecular formula is C18H25N3O2S2. The van der Waals surface area contributed by atoms with Crippen LogP contribution in [0.25, 0.3) is 10.2 Å². The number of nitrogens with one attached hydrogen (secondary N) is 1. The molecule has 0 saturated heterocycles. The lowest BCUT2D eigenvalue weighted by Crippen LogP contribution is -2.35. The van der Waals surface area contributed by atoms with Gasteiger partial charge in [0.05, 0.1) is 11.1 Å². The fourth-order valence-electron chi connectivity index (χ4n) is 2.98. The van der Waals surface area contributed by atoms with E-state index in [1.54, 1.807) is 15.9 Å². The fraction of sp³-hybridized carbons (Fsp3) is 0.611. The Morgan fingerprint density at radius 2 is 2.04 bits per heavy atom. The lowest BCUT2D eigenvalue weighted by atomic mass is 10.2. The summed E-state index contributed by atoms with van der Waals surface area (Å²) in [5.74, 6) is 0.923. The number of hydrogen-bond donors (Lipinski definition) is 1. The summed E-state index contributed by atoms with van der Waals surface area (Å²) < 4.78 is 1.71.